The Labute approximate surface area is 99.9 Å². The van der Waals surface area contributed by atoms with Crippen LogP contribution in [0.4, 0.5) is 0 Å². The van der Waals surface area contributed by atoms with Gasteiger partial charge < -0.3 is 10.4 Å². The van der Waals surface area contributed by atoms with E-state index < -0.39 is 5.97 Å². The van der Waals surface area contributed by atoms with Crippen LogP contribution >= 0.6 is 0 Å². The van der Waals surface area contributed by atoms with Crippen LogP contribution in [0.1, 0.15) is 47.5 Å². The second-order valence-corrected chi connectivity index (χ2v) is 3.90. The summed E-state index contributed by atoms with van der Waals surface area (Å²) in [5, 5.41) is 11.6. The highest BCUT2D eigenvalue weighted by Gasteiger charge is 2.12. The first-order valence-corrected chi connectivity index (χ1v) is 5.54. The zero-order chi connectivity index (χ0) is 12.8. The summed E-state index contributed by atoms with van der Waals surface area (Å²) in [6.45, 7) is 3.96. The van der Waals surface area contributed by atoms with E-state index >= 15 is 0 Å². The standard InChI is InChI=1S/C12H16N2O3/c1-3-4-8(2)14-11(15)9-5-6-13-10(7-9)12(16)17/h5-8H,3-4H2,1-2H3,(H,14,15)(H,16,17). The summed E-state index contributed by atoms with van der Waals surface area (Å²) in [4.78, 5) is 26.1. The van der Waals surface area contributed by atoms with Gasteiger partial charge in [-0.05, 0) is 25.5 Å². The Balaban J connectivity index is 2.75. The molecular formula is C12H16N2O3. The molecule has 0 aliphatic rings. The van der Waals surface area contributed by atoms with E-state index in [2.05, 4.69) is 10.3 Å². The quantitative estimate of drug-likeness (QED) is 0.815. The summed E-state index contributed by atoms with van der Waals surface area (Å²) < 4.78 is 0. The van der Waals surface area contributed by atoms with Crippen molar-refractivity contribution < 1.29 is 14.7 Å². The molecule has 0 spiro atoms. The smallest absolute Gasteiger partial charge is 0.354 e. The van der Waals surface area contributed by atoms with Crippen LogP contribution in [-0.4, -0.2) is 28.0 Å². The Morgan fingerprint density at radius 1 is 1.53 bits per heavy atom. The van der Waals surface area contributed by atoms with Gasteiger partial charge in [-0.1, -0.05) is 13.3 Å². The fraction of sp³-hybridized carbons (Fsp3) is 0.417. The van der Waals surface area contributed by atoms with Crippen LogP contribution in [0.2, 0.25) is 0 Å². The average molecular weight is 236 g/mol. The van der Waals surface area contributed by atoms with E-state index in [1.165, 1.54) is 18.3 Å². The molecule has 5 nitrogen and oxygen atoms in total. The number of nitrogens with zero attached hydrogens (tertiary/aromatic N) is 1. The molecule has 0 saturated heterocycles. The van der Waals surface area contributed by atoms with Crippen LogP contribution in [0.3, 0.4) is 0 Å². The molecule has 0 radical (unpaired) electrons. The van der Waals surface area contributed by atoms with Crippen molar-refractivity contribution in [1.82, 2.24) is 10.3 Å². The van der Waals surface area contributed by atoms with Gasteiger partial charge in [0, 0.05) is 17.8 Å². The molecule has 92 valence electrons. The maximum Gasteiger partial charge on any atom is 0.354 e. The van der Waals surface area contributed by atoms with E-state index in [9.17, 15) is 9.59 Å². The van der Waals surface area contributed by atoms with Gasteiger partial charge >= 0.3 is 5.97 Å². The molecule has 0 aliphatic carbocycles. The highest BCUT2D eigenvalue weighted by molar-refractivity contribution is 5.96. The number of rotatable bonds is 5. The molecular weight excluding hydrogens is 220 g/mol. The molecule has 1 aromatic heterocycles. The van der Waals surface area contributed by atoms with Crippen LogP contribution in [0.25, 0.3) is 0 Å². The largest absolute Gasteiger partial charge is 0.477 e. The van der Waals surface area contributed by atoms with Crippen molar-refractivity contribution in [2.45, 2.75) is 32.7 Å². The van der Waals surface area contributed by atoms with Crippen molar-refractivity contribution in [2.75, 3.05) is 0 Å². The molecule has 1 amide bonds. The molecule has 1 aromatic rings. The summed E-state index contributed by atoms with van der Waals surface area (Å²) in [6.07, 6.45) is 3.20. The molecule has 17 heavy (non-hydrogen) atoms. The van der Waals surface area contributed by atoms with E-state index in [-0.39, 0.29) is 17.6 Å². The number of aromatic carboxylic acids is 1. The molecule has 0 aromatic carbocycles. The predicted molar refractivity (Wildman–Crippen MR) is 63.0 cm³/mol. The van der Waals surface area contributed by atoms with E-state index in [0.717, 1.165) is 12.8 Å². The minimum absolute atomic E-state index is 0.0777. The minimum atomic E-state index is -1.14. The first kappa shape index (κ1) is 13.2. The third-order valence-corrected chi connectivity index (χ3v) is 2.34. The van der Waals surface area contributed by atoms with E-state index in [4.69, 9.17) is 5.11 Å². The van der Waals surface area contributed by atoms with Gasteiger partial charge in [-0.15, -0.1) is 0 Å². The first-order chi connectivity index (χ1) is 8.04. The zero-order valence-corrected chi connectivity index (χ0v) is 9.93. The van der Waals surface area contributed by atoms with Crippen molar-refractivity contribution in [3.8, 4) is 0 Å². The molecule has 1 rings (SSSR count). The van der Waals surface area contributed by atoms with E-state index in [1.54, 1.807) is 0 Å². The molecule has 5 heteroatoms. The van der Waals surface area contributed by atoms with Crippen molar-refractivity contribution in [3.05, 3.63) is 29.6 Å². The Hall–Kier alpha value is -1.91. The highest BCUT2D eigenvalue weighted by Crippen LogP contribution is 2.04. The van der Waals surface area contributed by atoms with Gasteiger partial charge in [0.2, 0.25) is 0 Å². The molecule has 1 unspecified atom stereocenters. The fourth-order valence-electron chi connectivity index (χ4n) is 1.50. The van der Waals surface area contributed by atoms with Crippen molar-refractivity contribution in [2.24, 2.45) is 0 Å². The molecule has 0 saturated carbocycles. The zero-order valence-electron chi connectivity index (χ0n) is 9.93. The monoisotopic (exact) mass is 236 g/mol. The van der Waals surface area contributed by atoms with Gasteiger partial charge in [-0.3, -0.25) is 4.79 Å². The lowest BCUT2D eigenvalue weighted by molar-refractivity contribution is 0.0690. The third-order valence-electron chi connectivity index (χ3n) is 2.34. The number of carboxylic acid groups (broad SMARTS) is 1. The number of hydrogen-bond acceptors (Lipinski definition) is 3. The summed E-state index contributed by atoms with van der Waals surface area (Å²) in [6, 6.07) is 2.85. The minimum Gasteiger partial charge on any atom is -0.477 e. The summed E-state index contributed by atoms with van der Waals surface area (Å²) >= 11 is 0. The topological polar surface area (TPSA) is 79.3 Å². The molecule has 1 heterocycles. The Morgan fingerprint density at radius 2 is 2.24 bits per heavy atom. The Bertz CT molecular complexity index is 418. The Morgan fingerprint density at radius 3 is 2.82 bits per heavy atom. The molecule has 1 atom stereocenters. The van der Waals surface area contributed by atoms with Crippen LogP contribution in [0.15, 0.2) is 18.3 Å². The lowest BCUT2D eigenvalue weighted by atomic mass is 10.1. The molecule has 0 aliphatic heterocycles. The normalized spacial score (nSPS) is 11.9. The summed E-state index contributed by atoms with van der Waals surface area (Å²) in [7, 11) is 0. The number of pyridine rings is 1. The first-order valence-electron chi connectivity index (χ1n) is 5.54. The fourth-order valence-corrected chi connectivity index (χ4v) is 1.50. The van der Waals surface area contributed by atoms with Gasteiger partial charge in [0.1, 0.15) is 5.69 Å². The maximum absolute atomic E-state index is 11.8. The lowest BCUT2D eigenvalue weighted by Crippen LogP contribution is -2.32. The number of amides is 1. The predicted octanol–water partition coefficient (Wildman–Crippen LogP) is 1.70. The van der Waals surface area contributed by atoms with Gasteiger partial charge in [0.25, 0.3) is 5.91 Å². The number of aromatic nitrogens is 1. The summed E-state index contributed by atoms with van der Waals surface area (Å²) in [5.74, 6) is -1.41. The van der Waals surface area contributed by atoms with Gasteiger partial charge in [-0.25, -0.2) is 9.78 Å². The number of hydrogen-bond donors (Lipinski definition) is 2. The molecule has 2 N–H and O–H groups in total. The van der Waals surface area contributed by atoms with Crippen LogP contribution in [0.5, 0.6) is 0 Å². The second-order valence-electron chi connectivity index (χ2n) is 3.90. The van der Waals surface area contributed by atoms with Crippen LogP contribution in [0, 0.1) is 0 Å². The van der Waals surface area contributed by atoms with Crippen LogP contribution < -0.4 is 5.32 Å². The van der Waals surface area contributed by atoms with Crippen LogP contribution in [-0.2, 0) is 0 Å². The van der Waals surface area contributed by atoms with Crippen molar-refractivity contribution >= 4 is 11.9 Å². The number of nitrogens with one attached hydrogen (secondary N) is 1. The number of carbonyl (C=O) groups excluding carboxylic acids is 1. The number of carbonyl (C=O) groups is 2. The van der Waals surface area contributed by atoms with Crippen molar-refractivity contribution in [3.63, 3.8) is 0 Å². The SMILES string of the molecule is CCCC(C)NC(=O)c1ccnc(C(=O)O)c1. The van der Waals surface area contributed by atoms with Crippen molar-refractivity contribution in [1.29, 1.82) is 0 Å². The Kier molecular flexibility index (Phi) is 4.63. The maximum atomic E-state index is 11.8. The van der Waals surface area contributed by atoms with E-state index in [1.807, 2.05) is 13.8 Å². The third kappa shape index (κ3) is 3.86. The highest BCUT2D eigenvalue weighted by atomic mass is 16.4. The lowest BCUT2D eigenvalue weighted by Gasteiger charge is -2.12. The average Bonchev–Trinajstić information content (AvgIpc) is 2.29. The van der Waals surface area contributed by atoms with Gasteiger partial charge in [0.05, 0.1) is 0 Å². The molecule has 0 bridgehead atoms. The van der Waals surface area contributed by atoms with Gasteiger partial charge in [0.15, 0.2) is 0 Å². The second kappa shape index (κ2) is 5.98. The summed E-state index contributed by atoms with van der Waals surface area (Å²) in [5.41, 5.74) is 0.196. The van der Waals surface area contributed by atoms with Gasteiger partial charge in [-0.2, -0.15) is 0 Å². The number of carboxylic acids is 1. The molecule has 0 fully saturated rings. The van der Waals surface area contributed by atoms with E-state index in [0.29, 0.717) is 5.56 Å².